The van der Waals surface area contributed by atoms with Gasteiger partial charge in [0.1, 0.15) is 0 Å². The van der Waals surface area contributed by atoms with E-state index in [0.29, 0.717) is 24.3 Å². The van der Waals surface area contributed by atoms with Crippen LogP contribution < -0.4 is 5.32 Å². The van der Waals surface area contributed by atoms with E-state index in [0.717, 1.165) is 16.3 Å². The van der Waals surface area contributed by atoms with Crippen LogP contribution in [0.5, 0.6) is 0 Å². The standard InChI is InChI=1S/C22H26N4O4S/c1-4-13-26(15-19-7-5-18(14-23)6-8-19)22(28)16-25(3)31(29,30)21-11-9-20(10-12-21)24-17(2)27/h5-12H,4,13,15-16H2,1-3H3,(H,24,27). The van der Waals surface area contributed by atoms with Gasteiger partial charge in [0.25, 0.3) is 0 Å². The van der Waals surface area contributed by atoms with Gasteiger partial charge in [-0.1, -0.05) is 19.1 Å². The van der Waals surface area contributed by atoms with E-state index in [1.165, 1.54) is 38.2 Å². The summed E-state index contributed by atoms with van der Waals surface area (Å²) in [5, 5.41) is 11.5. The summed E-state index contributed by atoms with van der Waals surface area (Å²) < 4.78 is 26.7. The van der Waals surface area contributed by atoms with Crippen LogP contribution in [0.1, 0.15) is 31.4 Å². The Kier molecular flexibility index (Phi) is 8.30. The molecule has 0 spiro atoms. The van der Waals surface area contributed by atoms with E-state index < -0.39 is 10.0 Å². The predicted molar refractivity (Wildman–Crippen MR) is 117 cm³/mol. The lowest BCUT2D eigenvalue weighted by molar-refractivity contribution is -0.131. The molecule has 0 heterocycles. The minimum atomic E-state index is -3.87. The van der Waals surface area contributed by atoms with Crippen molar-refractivity contribution in [2.75, 3.05) is 25.5 Å². The number of anilines is 1. The maximum atomic E-state index is 12.8. The van der Waals surface area contributed by atoms with Crippen LogP contribution in [0.15, 0.2) is 53.4 Å². The maximum absolute atomic E-state index is 12.8. The molecule has 2 aromatic carbocycles. The molecule has 0 aliphatic rings. The number of hydrogen-bond acceptors (Lipinski definition) is 5. The molecule has 0 aliphatic heterocycles. The lowest BCUT2D eigenvalue weighted by atomic mass is 10.1. The van der Waals surface area contributed by atoms with Crippen LogP contribution in [0.2, 0.25) is 0 Å². The van der Waals surface area contributed by atoms with Crippen molar-refractivity contribution < 1.29 is 18.0 Å². The molecule has 0 aromatic heterocycles. The Hall–Kier alpha value is -3.22. The summed E-state index contributed by atoms with van der Waals surface area (Å²) in [7, 11) is -2.51. The number of carbonyl (C=O) groups is 2. The maximum Gasteiger partial charge on any atom is 0.243 e. The van der Waals surface area contributed by atoms with Gasteiger partial charge >= 0.3 is 0 Å². The Labute approximate surface area is 183 Å². The van der Waals surface area contributed by atoms with Crippen LogP contribution in [-0.2, 0) is 26.2 Å². The molecule has 31 heavy (non-hydrogen) atoms. The molecule has 0 bridgehead atoms. The normalized spacial score (nSPS) is 11.1. The van der Waals surface area contributed by atoms with Gasteiger partial charge in [-0.3, -0.25) is 9.59 Å². The quantitative estimate of drug-likeness (QED) is 0.642. The number of amides is 2. The Morgan fingerprint density at radius 2 is 1.68 bits per heavy atom. The molecule has 0 unspecified atom stereocenters. The second-order valence-electron chi connectivity index (χ2n) is 7.09. The fourth-order valence-electron chi connectivity index (χ4n) is 2.94. The second kappa shape index (κ2) is 10.7. The predicted octanol–water partition coefficient (Wildman–Crippen LogP) is 2.58. The average molecular weight is 443 g/mol. The highest BCUT2D eigenvalue weighted by atomic mass is 32.2. The number of nitriles is 1. The van der Waals surface area contributed by atoms with Crippen LogP contribution in [0.4, 0.5) is 5.69 Å². The van der Waals surface area contributed by atoms with Crippen molar-refractivity contribution in [3.8, 4) is 6.07 Å². The highest BCUT2D eigenvalue weighted by molar-refractivity contribution is 7.89. The minimum Gasteiger partial charge on any atom is -0.337 e. The second-order valence-corrected chi connectivity index (χ2v) is 9.14. The van der Waals surface area contributed by atoms with Gasteiger partial charge in [-0.2, -0.15) is 9.57 Å². The lowest BCUT2D eigenvalue weighted by Crippen LogP contribution is -2.41. The molecule has 1 N–H and O–H groups in total. The van der Waals surface area contributed by atoms with E-state index >= 15 is 0 Å². The molecule has 0 atom stereocenters. The van der Waals surface area contributed by atoms with Crippen LogP contribution in [0.3, 0.4) is 0 Å². The van der Waals surface area contributed by atoms with E-state index in [1.807, 2.05) is 6.92 Å². The fourth-order valence-corrected chi connectivity index (χ4v) is 4.06. The molecule has 164 valence electrons. The van der Waals surface area contributed by atoms with E-state index in [9.17, 15) is 18.0 Å². The molecule has 0 saturated heterocycles. The van der Waals surface area contributed by atoms with Crippen LogP contribution in [-0.4, -0.2) is 49.6 Å². The van der Waals surface area contributed by atoms with Gasteiger partial charge in [-0.15, -0.1) is 0 Å². The van der Waals surface area contributed by atoms with Gasteiger partial charge in [0.2, 0.25) is 21.8 Å². The first kappa shape index (κ1) is 24.1. The molecule has 2 rings (SSSR count). The third-order valence-corrected chi connectivity index (χ3v) is 6.36. The summed E-state index contributed by atoms with van der Waals surface area (Å²) in [6.45, 7) is 3.82. The number of nitrogens with one attached hydrogen (secondary N) is 1. The molecule has 2 amide bonds. The molecule has 0 radical (unpaired) electrons. The first-order chi connectivity index (χ1) is 14.7. The Balaban J connectivity index is 2.10. The summed E-state index contributed by atoms with van der Waals surface area (Å²) in [6, 6.07) is 14.8. The molecular formula is C22H26N4O4S. The van der Waals surface area contributed by atoms with Gasteiger partial charge in [-0.25, -0.2) is 8.42 Å². The summed E-state index contributed by atoms with van der Waals surface area (Å²) in [5.41, 5.74) is 1.88. The zero-order chi connectivity index (χ0) is 23.0. The zero-order valence-corrected chi connectivity index (χ0v) is 18.6. The summed E-state index contributed by atoms with van der Waals surface area (Å²) in [5.74, 6) is -0.566. The van der Waals surface area contributed by atoms with Crippen molar-refractivity contribution >= 4 is 27.5 Å². The third kappa shape index (κ3) is 6.64. The number of benzene rings is 2. The van der Waals surface area contributed by atoms with Crippen molar-refractivity contribution in [1.29, 1.82) is 5.26 Å². The molecule has 0 saturated carbocycles. The Morgan fingerprint density at radius 3 is 2.19 bits per heavy atom. The molecular weight excluding hydrogens is 416 g/mol. The molecule has 9 heteroatoms. The fraction of sp³-hybridized carbons (Fsp3) is 0.318. The van der Waals surface area contributed by atoms with Crippen LogP contribution in [0, 0.1) is 11.3 Å². The number of nitrogens with zero attached hydrogens (tertiary/aromatic N) is 3. The molecule has 0 fully saturated rings. The first-order valence-corrected chi connectivity index (χ1v) is 11.2. The SMILES string of the molecule is CCCN(Cc1ccc(C#N)cc1)C(=O)CN(C)S(=O)(=O)c1ccc(NC(C)=O)cc1. The lowest BCUT2D eigenvalue weighted by Gasteiger charge is -2.25. The largest absolute Gasteiger partial charge is 0.337 e. The highest BCUT2D eigenvalue weighted by Gasteiger charge is 2.25. The van der Waals surface area contributed by atoms with Crippen LogP contribution >= 0.6 is 0 Å². The van der Waals surface area contributed by atoms with Crippen molar-refractivity contribution in [3.05, 3.63) is 59.7 Å². The molecule has 8 nitrogen and oxygen atoms in total. The van der Waals surface area contributed by atoms with E-state index in [-0.39, 0.29) is 23.3 Å². The summed E-state index contributed by atoms with van der Waals surface area (Å²) in [4.78, 5) is 25.6. The van der Waals surface area contributed by atoms with E-state index in [1.54, 1.807) is 29.2 Å². The monoisotopic (exact) mass is 442 g/mol. The Morgan fingerprint density at radius 1 is 1.06 bits per heavy atom. The van der Waals surface area contributed by atoms with Crippen LogP contribution in [0.25, 0.3) is 0 Å². The zero-order valence-electron chi connectivity index (χ0n) is 17.8. The van der Waals surface area contributed by atoms with Gasteiger partial charge in [0.05, 0.1) is 23.1 Å². The van der Waals surface area contributed by atoms with Gasteiger partial charge in [0.15, 0.2) is 0 Å². The van der Waals surface area contributed by atoms with Crippen molar-refractivity contribution in [3.63, 3.8) is 0 Å². The van der Waals surface area contributed by atoms with E-state index in [2.05, 4.69) is 11.4 Å². The minimum absolute atomic E-state index is 0.0334. The van der Waals surface area contributed by atoms with Crippen molar-refractivity contribution in [2.45, 2.75) is 31.7 Å². The van der Waals surface area contributed by atoms with Gasteiger partial charge in [0, 0.05) is 32.7 Å². The van der Waals surface area contributed by atoms with Gasteiger partial charge < -0.3 is 10.2 Å². The highest BCUT2D eigenvalue weighted by Crippen LogP contribution is 2.18. The van der Waals surface area contributed by atoms with Crippen molar-refractivity contribution in [2.24, 2.45) is 0 Å². The number of hydrogen-bond donors (Lipinski definition) is 1. The third-order valence-electron chi connectivity index (χ3n) is 4.54. The Bertz CT molecular complexity index is 1060. The summed E-state index contributed by atoms with van der Waals surface area (Å²) in [6.07, 6.45) is 0.725. The smallest absolute Gasteiger partial charge is 0.243 e. The topological polar surface area (TPSA) is 111 Å². The number of likely N-dealkylation sites (N-methyl/N-ethyl adjacent to an activating group) is 1. The summed E-state index contributed by atoms with van der Waals surface area (Å²) >= 11 is 0. The molecule has 2 aromatic rings. The average Bonchev–Trinajstić information content (AvgIpc) is 2.73. The number of carbonyl (C=O) groups excluding carboxylic acids is 2. The van der Waals surface area contributed by atoms with Crippen molar-refractivity contribution in [1.82, 2.24) is 9.21 Å². The van der Waals surface area contributed by atoms with E-state index in [4.69, 9.17) is 5.26 Å². The first-order valence-electron chi connectivity index (χ1n) is 9.78. The number of rotatable bonds is 9. The molecule has 0 aliphatic carbocycles. The number of sulfonamides is 1. The van der Waals surface area contributed by atoms with Gasteiger partial charge in [-0.05, 0) is 48.4 Å².